The van der Waals surface area contributed by atoms with E-state index in [1.165, 1.54) is 31.4 Å². The number of ether oxygens (including phenoxy) is 2. The largest absolute Gasteiger partial charge is 0.495 e. The summed E-state index contributed by atoms with van der Waals surface area (Å²) in [5, 5.41) is 22.6. The maximum Gasteiger partial charge on any atom is 0.251 e. The molecule has 0 bridgehead atoms. The van der Waals surface area contributed by atoms with E-state index >= 15 is 8.78 Å². The molecule has 73 heavy (non-hydrogen) atoms. The quantitative estimate of drug-likeness (QED) is 0.0697. The van der Waals surface area contributed by atoms with Crippen LogP contribution < -0.4 is 26.0 Å². The smallest absolute Gasteiger partial charge is 0.251 e. The van der Waals surface area contributed by atoms with E-state index in [0.29, 0.717) is 23.1 Å². The Balaban J connectivity index is 0.884. The topological polar surface area (TPSA) is 161 Å². The van der Waals surface area contributed by atoms with Crippen molar-refractivity contribution in [2.75, 3.05) is 38.7 Å². The van der Waals surface area contributed by atoms with Crippen molar-refractivity contribution in [3.63, 3.8) is 0 Å². The number of nitrogens with zero attached hydrogens (tertiary/aromatic N) is 4. The van der Waals surface area contributed by atoms with Gasteiger partial charge in [-0.25, -0.2) is 8.78 Å². The number of rotatable bonds is 16. The average molecular weight is 1070 g/mol. The lowest BCUT2D eigenvalue weighted by Crippen LogP contribution is -2.44. The normalized spacial score (nSPS) is 19.4. The number of aromatic nitrogens is 3. The van der Waals surface area contributed by atoms with Gasteiger partial charge in [0.05, 0.1) is 49.2 Å². The number of anilines is 1. The van der Waals surface area contributed by atoms with Crippen molar-refractivity contribution in [3.05, 3.63) is 155 Å². The minimum Gasteiger partial charge on any atom is -0.495 e. The number of amides is 3. The van der Waals surface area contributed by atoms with Gasteiger partial charge in [0.25, 0.3) is 5.91 Å². The standard InChI is InChI=1S/C54H57Cl3F2N8O5S/c1-28-29(2)73-52-44(28)47(31-12-15-33(55)16-13-31)62-40(49-66-65-30(3)67(49)52)26-43(68)60-20-22-72-23-21-61-50(69)32-14-19-39(41(24-32)71-8)63-51(70)48-45(35-10-9-11-37(57)46(35)59)54(7,42(64-48)27-53(4,5)6)36-18-17-34(56)25-38(36)58/h9-19,24-25,40,42,45,48,64H,20-23,26-27H2,1-8H3,(H,60,68)(H,61,69)(H,63,70)/t40-,42+,45+,48-,54+/m0/s1. The summed E-state index contributed by atoms with van der Waals surface area (Å²) in [7, 11) is 1.41. The van der Waals surface area contributed by atoms with Crippen LogP contribution in [0, 0.1) is 37.8 Å². The van der Waals surface area contributed by atoms with Crippen LogP contribution in [0.25, 0.3) is 5.00 Å². The first-order chi connectivity index (χ1) is 34.7. The lowest BCUT2D eigenvalue weighted by molar-refractivity contribution is -0.121. The number of hydrogen-bond donors (Lipinski definition) is 4. The molecule has 0 unspecified atom stereocenters. The average Bonchev–Trinajstić information content (AvgIpc) is 3.93. The second-order valence-corrected chi connectivity index (χ2v) is 22.2. The molecule has 4 N–H and O–H groups in total. The van der Waals surface area contributed by atoms with Crippen LogP contribution >= 0.6 is 46.1 Å². The molecule has 5 atom stereocenters. The van der Waals surface area contributed by atoms with Crippen molar-refractivity contribution in [1.82, 2.24) is 30.7 Å². The van der Waals surface area contributed by atoms with Gasteiger partial charge < -0.3 is 30.7 Å². The number of carbonyl (C=O) groups is 3. The molecule has 6 aromatic rings. The molecule has 0 spiro atoms. The predicted molar refractivity (Wildman–Crippen MR) is 283 cm³/mol. The van der Waals surface area contributed by atoms with Crippen molar-refractivity contribution in [1.29, 1.82) is 0 Å². The highest BCUT2D eigenvalue weighted by molar-refractivity contribution is 7.15. The number of carbonyl (C=O) groups excluding carboxylic acids is 3. The third-order valence-corrected chi connectivity index (χ3v) is 15.5. The Bertz CT molecular complexity index is 3100. The van der Waals surface area contributed by atoms with Crippen LogP contribution in [0.2, 0.25) is 15.1 Å². The van der Waals surface area contributed by atoms with Crippen molar-refractivity contribution in [3.8, 4) is 10.8 Å². The van der Waals surface area contributed by atoms with Gasteiger partial charge in [-0.2, -0.15) is 0 Å². The van der Waals surface area contributed by atoms with Gasteiger partial charge in [0, 0.05) is 62.1 Å². The molecule has 0 aliphatic carbocycles. The highest BCUT2D eigenvalue weighted by Gasteiger charge is 2.58. The Morgan fingerprint density at radius 3 is 2.32 bits per heavy atom. The molecule has 2 aromatic heterocycles. The Hall–Kier alpha value is -5.75. The molecule has 2 aliphatic rings. The Morgan fingerprint density at radius 2 is 1.62 bits per heavy atom. The minimum atomic E-state index is -1.18. The van der Waals surface area contributed by atoms with E-state index in [9.17, 15) is 14.4 Å². The van der Waals surface area contributed by atoms with Crippen LogP contribution in [-0.4, -0.2) is 83.7 Å². The summed E-state index contributed by atoms with van der Waals surface area (Å²) in [4.78, 5) is 47.6. The summed E-state index contributed by atoms with van der Waals surface area (Å²) in [6, 6.07) is 18.9. The number of nitrogens with one attached hydrogen (secondary N) is 4. The van der Waals surface area contributed by atoms with Crippen LogP contribution in [-0.2, 0) is 19.7 Å². The molecule has 13 nitrogen and oxygen atoms in total. The molecule has 3 amide bonds. The number of aryl methyl sites for hydroxylation is 2. The fourth-order valence-electron chi connectivity index (χ4n) is 9.93. The van der Waals surface area contributed by atoms with E-state index in [2.05, 4.69) is 45.3 Å². The van der Waals surface area contributed by atoms with E-state index < -0.39 is 52.9 Å². The number of fused-ring (bicyclic) bond motifs is 3. The van der Waals surface area contributed by atoms with E-state index in [4.69, 9.17) is 49.3 Å². The van der Waals surface area contributed by atoms with Gasteiger partial charge in [-0.05, 0) is 97.8 Å². The number of methoxy groups -OCH3 is 1. The second kappa shape index (κ2) is 22.0. The predicted octanol–water partition coefficient (Wildman–Crippen LogP) is 10.8. The summed E-state index contributed by atoms with van der Waals surface area (Å²) < 4.78 is 45.6. The fourth-order valence-corrected chi connectivity index (χ4v) is 11.6. The van der Waals surface area contributed by atoms with Gasteiger partial charge in [0.2, 0.25) is 11.8 Å². The van der Waals surface area contributed by atoms with E-state index in [0.717, 1.165) is 32.3 Å². The zero-order valence-electron chi connectivity index (χ0n) is 41.7. The minimum absolute atomic E-state index is 0.0219. The SMILES string of the molecule is COc1cc(C(=O)NCCOCCNC(=O)C[C@@H]2N=C(c3ccc(Cl)cc3)c3c(sc(C)c3C)-n3c(C)nnc32)ccc1NC(=O)[C@H]1N[C@H](CC(C)(C)C)[C@@](C)(c2ccc(Cl)cc2F)[C@@H]1c1cccc(Cl)c1F. The first-order valence-electron chi connectivity index (χ1n) is 23.8. The molecule has 4 heterocycles. The number of aliphatic imine (C=N–C) groups is 1. The molecule has 1 saturated heterocycles. The molecule has 384 valence electrons. The third-order valence-electron chi connectivity index (χ3n) is 13.6. The van der Waals surface area contributed by atoms with Crippen molar-refractivity contribution in [2.45, 2.75) is 90.8 Å². The summed E-state index contributed by atoms with van der Waals surface area (Å²) in [6.45, 7) is 14.7. The molecule has 2 aliphatic heterocycles. The van der Waals surface area contributed by atoms with Gasteiger partial charge in [-0.15, -0.1) is 21.5 Å². The molecule has 8 rings (SSSR count). The molecule has 19 heteroatoms. The summed E-state index contributed by atoms with van der Waals surface area (Å²) in [5.74, 6) is -1.96. The van der Waals surface area contributed by atoms with Crippen LogP contribution in [0.1, 0.15) is 107 Å². The zero-order chi connectivity index (χ0) is 52.5. The second-order valence-electron chi connectivity index (χ2n) is 19.7. The number of thiophene rings is 1. The van der Waals surface area contributed by atoms with Crippen LogP contribution in [0.4, 0.5) is 14.5 Å². The molecule has 4 aromatic carbocycles. The van der Waals surface area contributed by atoms with Crippen LogP contribution in [0.15, 0.2) is 83.9 Å². The summed E-state index contributed by atoms with van der Waals surface area (Å²) >= 11 is 20.4. The van der Waals surface area contributed by atoms with Crippen LogP contribution in [0.3, 0.4) is 0 Å². The summed E-state index contributed by atoms with van der Waals surface area (Å²) in [5.41, 5.74) is 3.17. The lowest BCUT2D eigenvalue weighted by Gasteiger charge is -2.40. The number of halogens is 5. The first kappa shape index (κ1) is 53.5. The van der Waals surface area contributed by atoms with Gasteiger partial charge in [0.1, 0.15) is 34.3 Å². The highest BCUT2D eigenvalue weighted by atomic mass is 35.5. The highest BCUT2D eigenvalue weighted by Crippen LogP contribution is 2.53. The lowest BCUT2D eigenvalue weighted by atomic mass is 9.63. The third kappa shape index (κ3) is 11.2. The summed E-state index contributed by atoms with van der Waals surface area (Å²) in [6.07, 6.45) is 0.518. The maximum atomic E-state index is 16.2. The van der Waals surface area contributed by atoms with Crippen molar-refractivity contribution < 1.29 is 32.6 Å². The van der Waals surface area contributed by atoms with Crippen molar-refractivity contribution >= 4 is 75.3 Å². The van der Waals surface area contributed by atoms with Gasteiger partial charge >= 0.3 is 0 Å². The fraction of sp³-hybridized carbons (Fsp3) is 0.370. The molecular formula is C54H57Cl3F2N8O5S. The van der Waals surface area contributed by atoms with Gasteiger partial charge in [0.15, 0.2) is 5.82 Å². The van der Waals surface area contributed by atoms with Crippen molar-refractivity contribution in [2.24, 2.45) is 10.4 Å². The number of hydrogen-bond acceptors (Lipinski definition) is 10. The van der Waals surface area contributed by atoms with E-state index in [1.54, 1.807) is 41.7 Å². The van der Waals surface area contributed by atoms with Crippen LogP contribution in [0.5, 0.6) is 5.75 Å². The first-order valence-corrected chi connectivity index (χ1v) is 25.8. The Labute approximate surface area is 442 Å². The molecular weight excluding hydrogens is 1020 g/mol. The molecule has 0 saturated carbocycles. The monoisotopic (exact) mass is 1070 g/mol. The molecule has 0 radical (unpaired) electrons. The zero-order valence-corrected chi connectivity index (χ0v) is 44.8. The van der Waals surface area contributed by atoms with Gasteiger partial charge in [-0.3, -0.25) is 23.9 Å². The number of benzene rings is 4. The Morgan fingerprint density at radius 1 is 0.904 bits per heavy atom. The molecule has 1 fully saturated rings. The van der Waals surface area contributed by atoms with Gasteiger partial charge in [-0.1, -0.05) is 92.8 Å². The Kier molecular flexibility index (Phi) is 16.1. The van der Waals surface area contributed by atoms with E-state index in [1.807, 2.05) is 63.5 Å². The van der Waals surface area contributed by atoms with E-state index in [-0.39, 0.29) is 82.2 Å². The maximum absolute atomic E-state index is 16.2.